The minimum atomic E-state index is 0.520. The molecular weight excluding hydrogens is 254 g/mol. The van der Waals surface area contributed by atoms with E-state index in [1.165, 1.54) is 96.3 Å². The second-order valence-corrected chi connectivity index (χ2v) is 7.82. The molecule has 1 heteroatoms. The van der Waals surface area contributed by atoms with Crippen molar-refractivity contribution in [3.05, 3.63) is 0 Å². The molecule has 126 valence electrons. The summed E-state index contributed by atoms with van der Waals surface area (Å²) in [6, 6.07) is 0. The lowest BCUT2D eigenvalue weighted by Crippen LogP contribution is -2.34. The summed E-state index contributed by atoms with van der Waals surface area (Å²) < 4.78 is 0. The summed E-state index contributed by atoms with van der Waals surface area (Å²) in [6.45, 7) is 5.62. The molecule has 0 bridgehead atoms. The average molecular weight is 296 g/mol. The van der Waals surface area contributed by atoms with Crippen LogP contribution in [0, 0.1) is 11.3 Å². The highest BCUT2D eigenvalue weighted by Gasteiger charge is 2.32. The zero-order valence-electron chi connectivity index (χ0n) is 15.0. The fourth-order valence-corrected chi connectivity index (χ4v) is 3.92. The summed E-state index contributed by atoms with van der Waals surface area (Å²) in [5.41, 5.74) is 6.62. The molecule has 0 aromatic heterocycles. The minimum absolute atomic E-state index is 0.520. The van der Waals surface area contributed by atoms with Crippen molar-refractivity contribution < 1.29 is 0 Å². The van der Waals surface area contributed by atoms with Crippen molar-refractivity contribution in [1.82, 2.24) is 0 Å². The first-order valence-corrected chi connectivity index (χ1v) is 9.92. The Labute approximate surface area is 134 Å². The molecule has 0 saturated heterocycles. The molecule has 0 atom stereocenters. The van der Waals surface area contributed by atoms with Crippen LogP contribution >= 0.6 is 0 Å². The van der Waals surface area contributed by atoms with Crippen LogP contribution in [0.25, 0.3) is 0 Å². The van der Waals surface area contributed by atoms with Crippen molar-refractivity contribution >= 4 is 0 Å². The number of rotatable bonds is 12. The Bertz CT molecular complexity index is 228. The first kappa shape index (κ1) is 19.0. The van der Waals surface area contributed by atoms with Crippen molar-refractivity contribution in [2.45, 2.75) is 110 Å². The summed E-state index contributed by atoms with van der Waals surface area (Å²) in [5.74, 6) is 0.942. The third-order valence-corrected chi connectivity index (χ3v) is 5.83. The fourth-order valence-electron chi connectivity index (χ4n) is 3.92. The van der Waals surface area contributed by atoms with Crippen molar-refractivity contribution in [2.75, 3.05) is 6.54 Å². The quantitative estimate of drug-likeness (QED) is 0.411. The highest BCUT2D eigenvalue weighted by Crippen LogP contribution is 2.41. The van der Waals surface area contributed by atoms with E-state index in [4.69, 9.17) is 5.73 Å². The van der Waals surface area contributed by atoms with Crippen molar-refractivity contribution in [1.29, 1.82) is 0 Å². The zero-order chi connectivity index (χ0) is 15.4. The molecule has 2 N–H and O–H groups in total. The van der Waals surface area contributed by atoms with Gasteiger partial charge in [-0.25, -0.2) is 0 Å². The van der Waals surface area contributed by atoms with E-state index in [2.05, 4.69) is 13.8 Å². The van der Waals surface area contributed by atoms with Gasteiger partial charge in [0.05, 0.1) is 0 Å². The van der Waals surface area contributed by atoms with Crippen molar-refractivity contribution in [3.8, 4) is 0 Å². The molecular formula is C20H41N. The van der Waals surface area contributed by atoms with Crippen LogP contribution in [0.2, 0.25) is 0 Å². The van der Waals surface area contributed by atoms with E-state index in [0.29, 0.717) is 5.41 Å². The SMILES string of the molecule is CCCCCCCCCCCCC1(CN)CCC(C)CC1. The molecule has 0 heterocycles. The van der Waals surface area contributed by atoms with Crippen molar-refractivity contribution in [2.24, 2.45) is 17.1 Å². The molecule has 0 radical (unpaired) electrons. The van der Waals surface area contributed by atoms with Gasteiger partial charge in [0.1, 0.15) is 0 Å². The fraction of sp³-hybridized carbons (Fsp3) is 1.00. The number of hydrogen-bond acceptors (Lipinski definition) is 1. The van der Waals surface area contributed by atoms with E-state index < -0.39 is 0 Å². The first-order valence-electron chi connectivity index (χ1n) is 9.92. The van der Waals surface area contributed by atoms with Gasteiger partial charge in [0.25, 0.3) is 0 Å². The summed E-state index contributed by atoms with van der Waals surface area (Å²) >= 11 is 0. The number of unbranched alkanes of at least 4 members (excludes halogenated alkanes) is 9. The third kappa shape index (κ3) is 8.24. The summed E-state index contributed by atoms with van der Waals surface area (Å²) in [4.78, 5) is 0. The third-order valence-electron chi connectivity index (χ3n) is 5.83. The predicted molar refractivity (Wildman–Crippen MR) is 95.6 cm³/mol. The van der Waals surface area contributed by atoms with E-state index in [9.17, 15) is 0 Å². The van der Waals surface area contributed by atoms with Gasteiger partial charge in [-0.3, -0.25) is 0 Å². The van der Waals surface area contributed by atoms with Gasteiger partial charge in [-0.1, -0.05) is 90.9 Å². The molecule has 1 saturated carbocycles. The first-order chi connectivity index (χ1) is 10.2. The highest BCUT2D eigenvalue weighted by molar-refractivity contribution is 4.85. The van der Waals surface area contributed by atoms with Gasteiger partial charge in [-0.2, -0.15) is 0 Å². The Morgan fingerprint density at radius 1 is 0.810 bits per heavy atom. The molecule has 0 aromatic rings. The maximum Gasteiger partial charge on any atom is -0.00205 e. The van der Waals surface area contributed by atoms with Gasteiger partial charge in [0.2, 0.25) is 0 Å². The van der Waals surface area contributed by atoms with Crippen LogP contribution in [0.1, 0.15) is 110 Å². The Morgan fingerprint density at radius 2 is 1.29 bits per heavy atom. The topological polar surface area (TPSA) is 26.0 Å². The van der Waals surface area contributed by atoms with E-state index in [1.54, 1.807) is 0 Å². The summed E-state index contributed by atoms with van der Waals surface area (Å²) in [7, 11) is 0. The Balaban J connectivity index is 1.95. The van der Waals surface area contributed by atoms with Gasteiger partial charge in [0, 0.05) is 0 Å². The molecule has 1 nitrogen and oxygen atoms in total. The average Bonchev–Trinajstić information content (AvgIpc) is 2.51. The number of nitrogens with two attached hydrogens (primary N) is 1. The molecule has 0 aliphatic heterocycles. The lowest BCUT2D eigenvalue weighted by Gasteiger charge is -2.38. The second kappa shape index (κ2) is 11.5. The van der Waals surface area contributed by atoms with E-state index >= 15 is 0 Å². The smallest absolute Gasteiger partial charge is 0.00205 e. The van der Waals surface area contributed by atoms with E-state index in [0.717, 1.165) is 12.5 Å². The van der Waals surface area contributed by atoms with Crippen LogP contribution in [-0.2, 0) is 0 Å². The molecule has 1 aliphatic rings. The number of hydrogen-bond donors (Lipinski definition) is 1. The van der Waals surface area contributed by atoms with Crippen LogP contribution in [0.3, 0.4) is 0 Å². The predicted octanol–water partition coefficient (Wildman–Crippen LogP) is 6.45. The molecule has 1 rings (SSSR count). The zero-order valence-corrected chi connectivity index (χ0v) is 15.0. The van der Waals surface area contributed by atoms with Gasteiger partial charge in [-0.15, -0.1) is 0 Å². The molecule has 1 fully saturated rings. The largest absolute Gasteiger partial charge is 0.330 e. The normalized spacial score (nSPS) is 26.1. The molecule has 1 aliphatic carbocycles. The van der Waals surface area contributed by atoms with Gasteiger partial charge < -0.3 is 5.73 Å². The molecule has 0 amide bonds. The van der Waals surface area contributed by atoms with Gasteiger partial charge >= 0.3 is 0 Å². The molecule has 0 unspecified atom stereocenters. The molecule has 0 spiro atoms. The lowest BCUT2D eigenvalue weighted by atomic mass is 9.68. The van der Waals surface area contributed by atoms with Gasteiger partial charge in [0.15, 0.2) is 0 Å². The second-order valence-electron chi connectivity index (χ2n) is 7.82. The van der Waals surface area contributed by atoms with Crippen molar-refractivity contribution in [3.63, 3.8) is 0 Å². The standard InChI is InChI=1S/C20H41N/c1-3-4-5-6-7-8-9-10-11-12-15-20(18-21)16-13-19(2)14-17-20/h19H,3-18,21H2,1-2H3. The van der Waals surface area contributed by atoms with E-state index in [-0.39, 0.29) is 0 Å². The van der Waals surface area contributed by atoms with Gasteiger partial charge in [-0.05, 0) is 37.1 Å². The molecule has 0 aromatic carbocycles. The lowest BCUT2D eigenvalue weighted by molar-refractivity contribution is 0.146. The summed E-state index contributed by atoms with van der Waals surface area (Å²) in [5, 5.41) is 0. The highest BCUT2D eigenvalue weighted by atomic mass is 14.6. The summed E-state index contributed by atoms with van der Waals surface area (Å²) in [6.07, 6.45) is 21.4. The van der Waals surface area contributed by atoms with Crippen LogP contribution in [0.5, 0.6) is 0 Å². The molecule has 21 heavy (non-hydrogen) atoms. The maximum atomic E-state index is 6.10. The minimum Gasteiger partial charge on any atom is -0.330 e. The Hall–Kier alpha value is -0.0400. The Kier molecular flexibility index (Phi) is 10.4. The maximum absolute atomic E-state index is 6.10. The van der Waals surface area contributed by atoms with Crippen LogP contribution in [0.15, 0.2) is 0 Å². The van der Waals surface area contributed by atoms with Crippen LogP contribution in [0.4, 0.5) is 0 Å². The van der Waals surface area contributed by atoms with Crippen LogP contribution < -0.4 is 5.73 Å². The van der Waals surface area contributed by atoms with Crippen LogP contribution in [-0.4, -0.2) is 6.54 Å². The Morgan fingerprint density at radius 3 is 1.76 bits per heavy atom. The monoisotopic (exact) mass is 295 g/mol. The van der Waals surface area contributed by atoms with E-state index in [1.807, 2.05) is 0 Å².